The van der Waals surface area contributed by atoms with Crippen molar-refractivity contribution < 1.29 is 14.6 Å². The maximum absolute atomic E-state index is 8.88. The standard InChI is InChI=1S/C10H10O3/c11-5-7-1-2-10-8(3-7)4-9(6-12)13-10/h1-4,11-12H,5-6H2. The van der Waals surface area contributed by atoms with Crippen molar-refractivity contribution in [1.82, 2.24) is 0 Å². The molecule has 68 valence electrons. The van der Waals surface area contributed by atoms with Gasteiger partial charge in [0.1, 0.15) is 18.0 Å². The predicted octanol–water partition coefficient (Wildman–Crippen LogP) is 1.42. The monoisotopic (exact) mass is 178 g/mol. The second-order valence-electron chi connectivity index (χ2n) is 2.90. The maximum Gasteiger partial charge on any atom is 0.134 e. The molecule has 0 amide bonds. The number of aliphatic hydroxyl groups excluding tert-OH is 2. The summed E-state index contributed by atoms with van der Waals surface area (Å²) in [5.41, 5.74) is 1.58. The van der Waals surface area contributed by atoms with Gasteiger partial charge in [-0.25, -0.2) is 0 Å². The van der Waals surface area contributed by atoms with Crippen LogP contribution < -0.4 is 0 Å². The summed E-state index contributed by atoms with van der Waals surface area (Å²) >= 11 is 0. The minimum absolute atomic E-state index is 0.0234. The molecule has 0 saturated heterocycles. The quantitative estimate of drug-likeness (QED) is 0.731. The van der Waals surface area contributed by atoms with Crippen molar-refractivity contribution in [2.24, 2.45) is 0 Å². The summed E-state index contributed by atoms with van der Waals surface area (Å²) in [7, 11) is 0. The van der Waals surface area contributed by atoms with E-state index in [1.165, 1.54) is 0 Å². The molecule has 0 saturated carbocycles. The van der Waals surface area contributed by atoms with Crippen LogP contribution >= 0.6 is 0 Å². The van der Waals surface area contributed by atoms with E-state index in [4.69, 9.17) is 14.6 Å². The Labute approximate surface area is 75.2 Å². The summed E-state index contributed by atoms with van der Waals surface area (Å²) in [6.07, 6.45) is 0. The van der Waals surface area contributed by atoms with E-state index >= 15 is 0 Å². The first-order chi connectivity index (χ1) is 6.33. The first-order valence-electron chi connectivity index (χ1n) is 4.06. The zero-order chi connectivity index (χ0) is 9.26. The summed E-state index contributed by atoms with van der Waals surface area (Å²) in [5.74, 6) is 0.546. The van der Waals surface area contributed by atoms with Crippen molar-refractivity contribution >= 4 is 11.0 Å². The summed E-state index contributed by atoms with van der Waals surface area (Å²) in [6, 6.07) is 7.21. The fraction of sp³-hybridized carbons (Fsp3) is 0.200. The van der Waals surface area contributed by atoms with Gasteiger partial charge in [0.15, 0.2) is 0 Å². The van der Waals surface area contributed by atoms with E-state index in [2.05, 4.69) is 0 Å². The Morgan fingerprint density at radius 3 is 2.62 bits per heavy atom. The highest BCUT2D eigenvalue weighted by atomic mass is 16.4. The summed E-state index contributed by atoms with van der Waals surface area (Å²) in [4.78, 5) is 0. The molecule has 1 aromatic heterocycles. The minimum atomic E-state index is -0.0941. The van der Waals surface area contributed by atoms with Crippen LogP contribution in [0.4, 0.5) is 0 Å². The Kier molecular flexibility index (Phi) is 2.04. The summed E-state index contributed by atoms with van der Waals surface area (Å²) in [5, 5.41) is 18.6. The van der Waals surface area contributed by atoms with Gasteiger partial charge in [-0.15, -0.1) is 0 Å². The number of fused-ring (bicyclic) bond motifs is 1. The lowest BCUT2D eigenvalue weighted by Crippen LogP contribution is -1.79. The van der Waals surface area contributed by atoms with Crippen LogP contribution in [0.2, 0.25) is 0 Å². The lowest BCUT2D eigenvalue weighted by atomic mass is 10.2. The van der Waals surface area contributed by atoms with Gasteiger partial charge in [-0.1, -0.05) is 6.07 Å². The minimum Gasteiger partial charge on any atom is -0.459 e. The van der Waals surface area contributed by atoms with Gasteiger partial charge >= 0.3 is 0 Å². The molecule has 13 heavy (non-hydrogen) atoms. The Hall–Kier alpha value is -1.32. The summed E-state index contributed by atoms with van der Waals surface area (Å²) < 4.78 is 5.29. The highest BCUT2D eigenvalue weighted by Crippen LogP contribution is 2.20. The molecule has 1 heterocycles. The summed E-state index contributed by atoms with van der Waals surface area (Å²) in [6.45, 7) is -0.0707. The van der Waals surface area contributed by atoms with Gasteiger partial charge < -0.3 is 14.6 Å². The van der Waals surface area contributed by atoms with Crippen molar-refractivity contribution in [3.05, 3.63) is 35.6 Å². The molecule has 0 aliphatic carbocycles. The van der Waals surface area contributed by atoms with Gasteiger partial charge in [0, 0.05) is 5.39 Å². The Balaban J connectivity index is 2.57. The predicted molar refractivity (Wildman–Crippen MR) is 48.1 cm³/mol. The highest BCUT2D eigenvalue weighted by molar-refractivity contribution is 5.78. The number of hydrogen-bond acceptors (Lipinski definition) is 3. The topological polar surface area (TPSA) is 53.6 Å². The molecule has 2 rings (SSSR count). The van der Waals surface area contributed by atoms with Crippen LogP contribution in [0.25, 0.3) is 11.0 Å². The zero-order valence-electron chi connectivity index (χ0n) is 7.03. The van der Waals surface area contributed by atoms with Crippen molar-refractivity contribution in [2.75, 3.05) is 0 Å². The average molecular weight is 178 g/mol. The Morgan fingerprint density at radius 2 is 1.92 bits per heavy atom. The van der Waals surface area contributed by atoms with Gasteiger partial charge in [0.25, 0.3) is 0 Å². The molecule has 0 spiro atoms. The van der Waals surface area contributed by atoms with E-state index in [9.17, 15) is 0 Å². The molecule has 3 heteroatoms. The largest absolute Gasteiger partial charge is 0.459 e. The molecule has 2 aromatic rings. The van der Waals surface area contributed by atoms with E-state index < -0.39 is 0 Å². The molecule has 0 bridgehead atoms. The van der Waals surface area contributed by atoms with Crippen LogP contribution in [0.15, 0.2) is 28.7 Å². The van der Waals surface area contributed by atoms with Gasteiger partial charge in [-0.3, -0.25) is 0 Å². The van der Waals surface area contributed by atoms with Crippen molar-refractivity contribution in [3.63, 3.8) is 0 Å². The average Bonchev–Trinajstić information content (AvgIpc) is 2.58. The molecule has 0 fully saturated rings. The van der Waals surface area contributed by atoms with Gasteiger partial charge in [-0.05, 0) is 23.8 Å². The molecular formula is C10H10O3. The molecule has 0 aliphatic rings. The van der Waals surface area contributed by atoms with Crippen LogP contribution in [-0.4, -0.2) is 10.2 Å². The Bertz CT molecular complexity index is 415. The maximum atomic E-state index is 8.88. The van der Waals surface area contributed by atoms with Crippen LogP contribution in [0.3, 0.4) is 0 Å². The van der Waals surface area contributed by atoms with Gasteiger partial charge in [0.05, 0.1) is 6.61 Å². The number of furan rings is 1. The first kappa shape index (κ1) is 8.29. The number of aliphatic hydroxyl groups is 2. The number of rotatable bonds is 2. The van der Waals surface area contributed by atoms with E-state index in [1.54, 1.807) is 18.2 Å². The van der Waals surface area contributed by atoms with E-state index in [1.807, 2.05) is 6.07 Å². The second-order valence-corrected chi connectivity index (χ2v) is 2.90. The lowest BCUT2D eigenvalue weighted by Gasteiger charge is -1.93. The third-order valence-electron chi connectivity index (χ3n) is 1.97. The third kappa shape index (κ3) is 1.43. The second kappa shape index (κ2) is 3.20. The van der Waals surface area contributed by atoms with Gasteiger partial charge in [0.2, 0.25) is 0 Å². The number of hydrogen-bond donors (Lipinski definition) is 2. The fourth-order valence-electron chi connectivity index (χ4n) is 1.32. The number of benzene rings is 1. The molecule has 0 radical (unpaired) electrons. The molecular weight excluding hydrogens is 168 g/mol. The van der Waals surface area contributed by atoms with E-state index in [-0.39, 0.29) is 13.2 Å². The molecule has 0 aliphatic heterocycles. The third-order valence-corrected chi connectivity index (χ3v) is 1.97. The lowest BCUT2D eigenvalue weighted by molar-refractivity contribution is 0.251. The molecule has 2 N–H and O–H groups in total. The fourth-order valence-corrected chi connectivity index (χ4v) is 1.32. The van der Waals surface area contributed by atoms with Crippen LogP contribution in [0.5, 0.6) is 0 Å². The van der Waals surface area contributed by atoms with Crippen LogP contribution in [0.1, 0.15) is 11.3 Å². The highest BCUT2D eigenvalue weighted by Gasteiger charge is 2.02. The van der Waals surface area contributed by atoms with Crippen LogP contribution in [-0.2, 0) is 13.2 Å². The van der Waals surface area contributed by atoms with Crippen LogP contribution in [0, 0.1) is 0 Å². The van der Waals surface area contributed by atoms with Gasteiger partial charge in [-0.2, -0.15) is 0 Å². The Morgan fingerprint density at radius 1 is 1.08 bits per heavy atom. The van der Waals surface area contributed by atoms with E-state index in [0.717, 1.165) is 16.5 Å². The molecule has 0 atom stereocenters. The molecule has 1 aromatic carbocycles. The van der Waals surface area contributed by atoms with Crippen molar-refractivity contribution in [2.45, 2.75) is 13.2 Å². The zero-order valence-corrected chi connectivity index (χ0v) is 7.03. The molecule has 0 unspecified atom stereocenters. The van der Waals surface area contributed by atoms with Crippen molar-refractivity contribution in [3.8, 4) is 0 Å². The smallest absolute Gasteiger partial charge is 0.134 e. The molecule has 3 nitrogen and oxygen atoms in total. The van der Waals surface area contributed by atoms with Crippen molar-refractivity contribution in [1.29, 1.82) is 0 Å². The van der Waals surface area contributed by atoms with E-state index in [0.29, 0.717) is 5.76 Å². The first-order valence-corrected chi connectivity index (χ1v) is 4.06. The normalized spacial score (nSPS) is 10.9. The SMILES string of the molecule is OCc1ccc2oc(CO)cc2c1.